The van der Waals surface area contributed by atoms with Crippen molar-refractivity contribution in [1.82, 2.24) is 14.5 Å². The summed E-state index contributed by atoms with van der Waals surface area (Å²) in [6.45, 7) is 8.16. The van der Waals surface area contributed by atoms with Crippen molar-refractivity contribution in [2.24, 2.45) is 11.8 Å². The lowest BCUT2D eigenvalue weighted by Crippen LogP contribution is -2.25. The second-order valence-corrected chi connectivity index (χ2v) is 6.08. The highest BCUT2D eigenvalue weighted by molar-refractivity contribution is 5.34. The summed E-state index contributed by atoms with van der Waals surface area (Å²) in [5, 5.41) is 0. The molecular weight excluding hydrogens is 258 g/mol. The lowest BCUT2D eigenvalue weighted by molar-refractivity contribution is 0.285. The van der Waals surface area contributed by atoms with E-state index in [4.69, 9.17) is 0 Å². The molecule has 1 saturated carbocycles. The largest absolute Gasteiger partial charge is 0.306 e. The first-order chi connectivity index (χ1) is 10.3. The van der Waals surface area contributed by atoms with Crippen molar-refractivity contribution in [1.29, 1.82) is 0 Å². The van der Waals surface area contributed by atoms with Gasteiger partial charge in [-0.1, -0.05) is 26.0 Å². The third-order valence-electron chi connectivity index (χ3n) is 4.69. The molecule has 3 rings (SSSR count). The molecule has 1 fully saturated rings. The van der Waals surface area contributed by atoms with Crippen LogP contribution in [0.25, 0.3) is 5.69 Å². The summed E-state index contributed by atoms with van der Waals surface area (Å²) in [7, 11) is 0. The van der Waals surface area contributed by atoms with Crippen molar-refractivity contribution in [2.45, 2.75) is 26.7 Å². The zero-order chi connectivity index (χ0) is 14.7. The molecular formula is C18H25N3. The van der Waals surface area contributed by atoms with Crippen LogP contribution in [0.3, 0.4) is 0 Å². The molecule has 1 aromatic heterocycles. The molecule has 2 aromatic rings. The number of rotatable bonds is 7. The van der Waals surface area contributed by atoms with E-state index in [0.717, 1.165) is 11.8 Å². The van der Waals surface area contributed by atoms with Crippen LogP contribution in [0.2, 0.25) is 0 Å². The summed E-state index contributed by atoms with van der Waals surface area (Å²) in [5.74, 6) is 1.81. The van der Waals surface area contributed by atoms with E-state index in [0.29, 0.717) is 0 Å². The Labute approximate surface area is 127 Å². The van der Waals surface area contributed by atoms with Gasteiger partial charge in [0.2, 0.25) is 0 Å². The van der Waals surface area contributed by atoms with Gasteiger partial charge in [0.15, 0.2) is 0 Å². The fourth-order valence-corrected chi connectivity index (χ4v) is 3.12. The topological polar surface area (TPSA) is 21.1 Å². The molecule has 0 saturated heterocycles. The van der Waals surface area contributed by atoms with Gasteiger partial charge < -0.3 is 9.47 Å². The van der Waals surface area contributed by atoms with Crippen LogP contribution in [-0.2, 0) is 6.42 Å². The molecule has 0 bridgehead atoms. The van der Waals surface area contributed by atoms with Crippen LogP contribution in [0.4, 0.5) is 0 Å². The molecule has 1 heterocycles. The zero-order valence-corrected chi connectivity index (χ0v) is 13.1. The third-order valence-corrected chi connectivity index (χ3v) is 4.69. The SMILES string of the molecule is CCN(CC)CC1CC1Cc1ccc(-n2ccnc2)cc1. The highest BCUT2D eigenvalue weighted by Gasteiger charge is 2.37. The van der Waals surface area contributed by atoms with Crippen molar-refractivity contribution in [2.75, 3.05) is 19.6 Å². The first-order valence-corrected chi connectivity index (χ1v) is 8.09. The predicted molar refractivity (Wildman–Crippen MR) is 86.7 cm³/mol. The van der Waals surface area contributed by atoms with E-state index in [1.807, 2.05) is 23.3 Å². The molecule has 21 heavy (non-hydrogen) atoms. The lowest BCUT2D eigenvalue weighted by Gasteiger charge is -2.17. The molecule has 0 aliphatic heterocycles. The van der Waals surface area contributed by atoms with Crippen LogP contribution in [0, 0.1) is 11.8 Å². The number of imidazole rings is 1. The molecule has 1 aliphatic rings. The predicted octanol–water partition coefficient (Wildman–Crippen LogP) is 3.39. The Balaban J connectivity index is 1.53. The molecule has 0 spiro atoms. The van der Waals surface area contributed by atoms with E-state index in [2.05, 4.69) is 48.0 Å². The number of aromatic nitrogens is 2. The quantitative estimate of drug-likeness (QED) is 0.776. The summed E-state index contributed by atoms with van der Waals surface area (Å²) >= 11 is 0. The Morgan fingerprint density at radius 3 is 2.52 bits per heavy atom. The zero-order valence-electron chi connectivity index (χ0n) is 13.1. The number of benzene rings is 1. The molecule has 112 valence electrons. The Kier molecular flexibility index (Phi) is 4.39. The highest BCUT2D eigenvalue weighted by Crippen LogP contribution is 2.41. The number of hydrogen-bond acceptors (Lipinski definition) is 2. The summed E-state index contributed by atoms with van der Waals surface area (Å²) < 4.78 is 2.05. The van der Waals surface area contributed by atoms with Gasteiger partial charge in [-0.3, -0.25) is 0 Å². The molecule has 2 atom stereocenters. The van der Waals surface area contributed by atoms with Crippen molar-refractivity contribution < 1.29 is 0 Å². The first-order valence-electron chi connectivity index (χ1n) is 8.09. The molecule has 1 aliphatic carbocycles. The van der Waals surface area contributed by atoms with E-state index >= 15 is 0 Å². The molecule has 0 radical (unpaired) electrons. The smallest absolute Gasteiger partial charge is 0.0991 e. The van der Waals surface area contributed by atoms with E-state index in [9.17, 15) is 0 Å². The van der Waals surface area contributed by atoms with Crippen LogP contribution < -0.4 is 0 Å². The van der Waals surface area contributed by atoms with E-state index in [1.54, 1.807) is 0 Å². The molecule has 1 aromatic carbocycles. The summed E-state index contributed by atoms with van der Waals surface area (Å²) in [4.78, 5) is 6.64. The minimum Gasteiger partial charge on any atom is -0.306 e. The molecule has 3 nitrogen and oxygen atoms in total. The van der Waals surface area contributed by atoms with E-state index in [1.165, 1.54) is 43.7 Å². The average Bonchev–Trinajstić information content (AvgIpc) is 3.02. The minimum absolute atomic E-state index is 0.893. The lowest BCUT2D eigenvalue weighted by atomic mass is 10.1. The van der Waals surface area contributed by atoms with Crippen molar-refractivity contribution in [3.05, 3.63) is 48.5 Å². The maximum absolute atomic E-state index is 4.09. The van der Waals surface area contributed by atoms with Crippen molar-refractivity contribution in [3.8, 4) is 5.69 Å². The third kappa shape index (κ3) is 3.53. The van der Waals surface area contributed by atoms with Crippen molar-refractivity contribution in [3.63, 3.8) is 0 Å². The fraction of sp³-hybridized carbons (Fsp3) is 0.500. The normalized spacial score (nSPS) is 20.9. The Bertz CT molecular complexity index is 540. The summed E-state index contributed by atoms with van der Waals surface area (Å²) in [5.41, 5.74) is 2.65. The van der Waals surface area contributed by atoms with Crippen molar-refractivity contribution >= 4 is 0 Å². The Morgan fingerprint density at radius 2 is 1.90 bits per heavy atom. The van der Waals surface area contributed by atoms with Gasteiger partial charge in [-0.15, -0.1) is 0 Å². The summed E-state index contributed by atoms with van der Waals surface area (Å²) in [6, 6.07) is 8.92. The minimum atomic E-state index is 0.893. The average molecular weight is 283 g/mol. The monoisotopic (exact) mass is 283 g/mol. The van der Waals surface area contributed by atoms with Crippen LogP contribution in [0.15, 0.2) is 43.0 Å². The van der Waals surface area contributed by atoms with E-state index in [-0.39, 0.29) is 0 Å². The van der Waals surface area contributed by atoms with Gasteiger partial charge in [0.05, 0.1) is 6.33 Å². The van der Waals surface area contributed by atoms with Crippen LogP contribution in [0.5, 0.6) is 0 Å². The van der Waals surface area contributed by atoms with Gasteiger partial charge in [-0.2, -0.15) is 0 Å². The van der Waals surface area contributed by atoms with Gasteiger partial charge >= 0.3 is 0 Å². The van der Waals surface area contributed by atoms with Crippen LogP contribution in [-0.4, -0.2) is 34.1 Å². The molecule has 3 heteroatoms. The fourth-order valence-electron chi connectivity index (χ4n) is 3.12. The Hall–Kier alpha value is -1.61. The molecule has 0 N–H and O–H groups in total. The highest BCUT2D eigenvalue weighted by atomic mass is 15.1. The van der Waals surface area contributed by atoms with Gasteiger partial charge in [0.1, 0.15) is 0 Å². The number of hydrogen-bond donors (Lipinski definition) is 0. The number of nitrogens with zero attached hydrogens (tertiary/aromatic N) is 3. The van der Waals surface area contributed by atoms with Crippen LogP contribution in [0.1, 0.15) is 25.8 Å². The second-order valence-electron chi connectivity index (χ2n) is 6.08. The summed E-state index contributed by atoms with van der Waals surface area (Å²) in [6.07, 6.45) is 8.28. The standard InChI is InChI=1S/C18H25N3/c1-3-20(4-2)13-17-12-16(17)11-15-5-7-18(8-6-15)21-10-9-19-14-21/h5-10,14,16-17H,3-4,11-13H2,1-2H3. The second kappa shape index (κ2) is 6.44. The van der Waals surface area contributed by atoms with Gasteiger partial charge in [-0.05, 0) is 55.5 Å². The van der Waals surface area contributed by atoms with Gasteiger partial charge in [-0.25, -0.2) is 4.98 Å². The van der Waals surface area contributed by atoms with E-state index < -0.39 is 0 Å². The van der Waals surface area contributed by atoms with Crippen LogP contribution >= 0.6 is 0 Å². The molecule has 2 unspecified atom stereocenters. The Morgan fingerprint density at radius 1 is 1.14 bits per heavy atom. The molecule has 0 amide bonds. The maximum Gasteiger partial charge on any atom is 0.0991 e. The van der Waals surface area contributed by atoms with Gasteiger partial charge in [0, 0.05) is 24.6 Å². The maximum atomic E-state index is 4.09. The van der Waals surface area contributed by atoms with Gasteiger partial charge in [0.25, 0.3) is 0 Å². The first kappa shape index (κ1) is 14.3.